The van der Waals surface area contributed by atoms with Gasteiger partial charge in [0.2, 0.25) is 0 Å². The van der Waals surface area contributed by atoms with E-state index in [1.54, 1.807) is 48.5 Å². The van der Waals surface area contributed by atoms with Gasteiger partial charge in [0.25, 0.3) is 5.60 Å². The molecule has 0 aromatic heterocycles. The minimum Gasteiger partial charge on any atom is -0.439 e. The number of hydrogen-bond donors (Lipinski definition) is 1. The first kappa shape index (κ1) is 36.8. The lowest BCUT2D eigenvalue weighted by molar-refractivity contribution is -0.400. The SMILES string of the molecule is CC1C(CC(C)(C)C)C(C(=O)OC(C2CCC(C(O)(C(F)(F)F)C(F)(F)F)CC2)(C(F)(F)F)C(F)(F)F)C1C(C)(C)C. The molecule has 0 spiro atoms. The number of ether oxygens (including phenoxy) is 1. The summed E-state index contributed by atoms with van der Waals surface area (Å²) < 4.78 is 171. The summed E-state index contributed by atoms with van der Waals surface area (Å²) in [6.07, 6.45) is -30.9. The Morgan fingerprint density at radius 2 is 1.07 bits per heavy atom. The predicted molar refractivity (Wildman–Crippen MR) is 127 cm³/mol. The summed E-state index contributed by atoms with van der Waals surface area (Å²) in [5.41, 5.74) is -11.7. The third kappa shape index (κ3) is 6.36. The van der Waals surface area contributed by atoms with E-state index >= 15 is 0 Å². The number of esters is 1. The number of carbonyl (C=O) groups is 1. The number of aliphatic hydroxyl groups is 1. The summed E-state index contributed by atoms with van der Waals surface area (Å²) in [5.74, 6) is -10.2. The van der Waals surface area contributed by atoms with Crippen LogP contribution in [-0.4, -0.2) is 47.0 Å². The summed E-state index contributed by atoms with van der Waals surface area (Å²) >= 11 is 0. The molecule has 1 N–H and O–H groups in total. The first-order valence-electron chi connectivity index (χ1n) is 13.6. The number of hydrogen-bond acceptors (Lipinski definition) is 3. The lowest BCUT2D eigenvalue weighted by Gasteiger charge is -2.57. The van der Waals surface area contributed by atoms with Gasteiger partial charge in [0.15, 0.2) is 0 Å². The van der Waals surface area contributed by atoms with Crippen molar-refractivity contribution in [1.29, 1.82) is 0 Å². The van der Waals surface area contributed by atoms with Crippen molar-refractivity contribution in [3.8, 4) is 0 Å². The first-order chi connectivity index (χ1) is 18.3. The second-order valence-electron chi connectivity index (χ2n) is 14.2. The van der Waals surface area contributed by atoms with E-state index in [4.69, 9.17) is 0 Å². The largest absolute Gasteiger partial charge is 0.439 e. The molecule has 0 heterocycles. The average molecular weight is 639 g/mol. The van der Waals surface area contributed by atoms with Crippen LogP contribution in [0.25, 0.3) is 0 Å². The zero-order valence-electron chi connectivity index (χ0n) is 24.3. The van der Waals surface area contributed by atoms with E-state index in [0.29, 0.717) is 0 Å². The Balaban J connectivity index is 2.55. The highest BCUT2D eigenvalue weighted by atomic mass is 19.4. The molecule has 0 aromatic rings. The van der Waals surface area contributed by atoms with Gasteiger partial charge in [-0.15, -0.1) is 0 Å². The molecule has 248 valence electrons. The predicted octanol–water partition coefficient (Wildman–Crippen LogP) is 9.04. The van der Waals surface area contributed by atoms with Gasteiger partial charge in [0.05, 0.1) is 5.92 Å². The highest BCUT2D eigenvalue weighted by molar-refractivity contribution is 5.75. The van der Waals surface area contributed by atoms with Crippen molar-refractivity contribution in [1.82, 2.24) is 0 Å². The lowest BCUT2D eigenvalue weighted by Crippen LogP contribution is -2.67. The topological polar surface area (TPSA) is 46.5 Å². The van der Waals surface area contributed by atoms with Crippen LogP contribution in [-0.2, 0) is 9.53 Å². The normalized spacial score (nSPS) is 29.2. The Kier molecular flexibility index (Phi) is 9.53. The monoisotopic (exact) mass is 638 g/mol. The third-order valence-electron chi connectivity index (χ3n) is 9.07. The maximum Gasteiger partial charge on any atom is 0.437 e. The van der Waals surface area contributed by atoms with Gasteiger partial charge in [-0.05, 0) is 60.7 Å². The van der Waals surface area contributed by atoms with Crippen LogP contribution < -0.4 is 0 Å². The molecule has 3 nitrogen and oxygen atoms in total. The van der Waals surface area contributed by atoms with Crippen molar-refractivity contribution in [2.24, 2.45) is 46.3 Å². The van der Waals surface area contributed by atoms with Gasteiger partial charge in [-0.2, -0.15) is 52.7 Å². The smallest absolute Gasteiger partial charge is 0.437 e. The first-order valence-corrected chi connectivity index (χ1v) is 13.6. The summed E-state index contributed by atoms with van der Waals surface area (Å²) in [4.78, 5) is 13.4. The Labute approximate surface area is 236 Å². The molecule has 0 amide bonds. The highest BCUT2D eigenvalue weighted by Crippen LogP contribution is 2.61. The fourth-order valence-electron chi connectivity index (χ4n) is 7.30. The second kappa shape index (κ2) is 10.9. The van der Waals surface area contributed by atoms with Crippen LogP contribution in [0.4, 0.5) is 52.7 Å². The molecule has 4 atom stereocenters. The summed E-state index contributed by atoms with van der Waals surface area (Å²) in [5, 5.41) is 9.65. The van der Waals surface area contributed by atoms with Crippen LogP contribution in [0.5, 0.6) is 0 Å². The third-order valence-corrected chi connectivity index (χ3v) is 9.07. The molecule has 15 heteroatoms. The molecule has 0 aliphatic heterocycles. The zero-order chi connectivity index (χ0) is 33.3. The molecule has 2 aliphatic rings. The van der Waals surface area contributed by atoms with Gasteiger partial charge >= 0.3 is 36.3 Å². The van der Waals surface area contributed by atoms with E-state index in [1.165, 1.54) is 0 Å². The molecule has 42 heavy (non-hydrogen) atoms. The van der Waals surface area contributed by atoms with E-state index in [-0.39, 0.29) is 12.3 Å². The molecule has 0 aromatic carbocycles. The van der Waals surface area contributed by atoms with Crippen molar-refractivity contribution >= 4 is 5.97 Å². The standard InChI is InChI=1S/C27H38F12O3/c1-13-16(12-20(2,3)4)17(18(13)21(5,6)7)19(40)42-23(26(34,35)36,27(37,38)39)15-10-8-14(9-11-15)22(41,24(28,29)30)25(31,32)33/h13-18,41H,8-12H2,1-7H3. The summed E-state index contributed by atoms with van der Waals surface area (Å²) in [7, 11) is 0. The Morgan fingerprint density at radius 3 is 1.38 bits per heavy atom. The molecule has 0 radical (unpaired) electrons. The molecule has 2 fully saturated rings. The lowest BCUT2D eigenvalue weighted by atomic mass is 9.48. The summed E-state index contributed by atoms with van der Waals surface area (Å²) in [6, 6.07) is 0. The Bertz CT molecular complexity index is 930. The minimum absolute atomic E-state index is 0.268. The molecular weight excluding hydrogens is 600 g/mol. The fourth-order valence-corrected chi connectivity index (χ4v) is 7.30. The molecule has 2 aliphatic carbocycles. The van der Waals surface area contributed by atoms with E-state index in [0.717, 1.165) is 0 Å². The van der Waals surface area contributed by atoms with Crippen molar-refractivity contribution in [2.45, 2.75) is 116 Å². The van der Waals surface area contributed by atoms with Crippen molar-refractivity contribution in [3.63, 3.8) is 0 Å². The van der Waals surface area contributed by atoms with Gasteiger partial charge in [-0.1, -0.05) is 48.5 Å². The molecule has 4 unspecified atom stereocenters. The number of halogens is 12. The number of alkyl halides is 12. The molecule has 2 saturated carbocycles. The molecule has 0 bridgehead atoms. The van der Waals surface area contributed by atoms with Gasteiger partial charge in [0.1, 0.15) is 0 Å². The second-order valence-corrected chi connectivity index (χ2v) is 14.2. The molecule has 2 rings (SSSR count). The van der Waals surface area contributed by atoms with Crippen LogP contribution in [0.1, 0.15) is 80.6 Å². The maximum absolute atomic E-state index is 14.5. The number of rotatable bonds is 5. The average Bonchev–Trinajstić information content (AvgIpc) is 2.73. The molecular formula is C27H38F12O3. The van der Waals surface area contributed by atoms with E-state index < -0.39 is 108 Å². The zero-order valence-corrected chi connectivity index (χ0v) is 24.3. The van der Waals surface area contributed by atoms with Crippen LogP contribution in [0, 0.1) is 46.3 Å². The van der Waals surface area contributed by atoms with Crippen molar-refractivity contribution < 1.29 is 67.3 Å². The van der Waals surface area contributed by atoms with Gasteiger partial charge in [-0.25, -0.2) is 0 Å². The van der Waals surface area contributed by atoms with Crippen LogP contribution in [0.2, 0.25) is 0 Å². The molecule has 0 saturated heterocycles. The van der Waals surface area contributed by atoms with Gasteiger partial charge in [0, 0.05) is 11.8 Å². The van der Waals surface area contributed by atoms with Crippen molar-refractivity contribution in [3.05, 3.63) is 0 Å². The Morgan fingerprint density at radius 1 is 0.690 bits per heavy atom. The van der Waals surface area contributed by atoms with Crippen LogP contribution in [0.15, 0.2) is 0 Å². The van der Waals surface area contributed by atoms with Crippen LogP contribution in [0.3, 0.4) is 0 Å². The van der Waals surface area contributed by atoms with Crippen molar-refractivity contribution in [2.75, 3.05) is 0 Å². The van der Waals surface area contributed by atoms with E-state index in [1.807, 2.05) is 0 Å². The minimum atomic E-state index is -6.31. The highest BCUT2D eigenvalue weighted by Gasteiger charge is 2.79. The van der Waals surface area contributed by atoms with E-state index in [2.05, 4.69) is 4.74 Å². The summed E-state index contributed by atoms with van der Waals surface area (Å²) in [6.45, 7) is 12.1. The van der Waals surface area contributed by atoms with Crippen LogP contribution >= 0.6 is 0 Å². The number of carbonyl (C=O) groups excluding carboxylic acids is 1. The van der Waals surface area contributed by atoms with E-state index in [9.17, 15) is 62.6 Å². The quantitative estimate of drug-likeness (QED) is 0.242. The Hall–Kier alpha value is -1.41. The van der Waals surface area contributed by atoms with Gasteiger partial charge < -0.3 is 9.84 Å². The fraction of sp³-hybridized carbons (Fsp3) is 0.963. The maximum atomic E-state index is 14.5. The van der Waals surface area contributed by atoms with Gasteiger partial charge in [-0.3, -0.25) is 4.79 Å².